The Labute approximate surface area is 225 Å². The molecule has 0 aliphatic carbocycles. The average Bonchev–Trinajstić information content (AvgIpc) is 3.42. The molecule has 1 N–H and O–H groups in total. The fourth-order valence-corrected chi connectivity index (χ4v) is 5.58. The number of amides is 2. The minimum Gasteiger partial charge on any atom is -0.493 e. The quantitative estimate of drug-likeness (QED) is 0.176. The van der Waals surface area contributed by atoms with Crippen molar-refractivity contribution < 1.29 is 24.0 Å². The third-order valence-corrected chi connectivity index (χ3v) is 7.47. The zero-order valence-corrected chi connectivity index (χ0v) is 22.1. The molecule has 0 atom stereocenters. The molecule has 10 nitrogen and oxygen atoms in total. The van der Waals surface area contributed by atoms with Crippen LogP contribution in [-0.2, 0) is 16.0 Å². The normalized spacial score (nSPS) is 14.2. The van der Waals surface area contributed by atoms with Gasteiger partial charge in [-0.15, -0.1) is 11.3 Å². The summed E-state index contributed by atoms with van der Waals surface area (Å²) in [6.45, 7) is -0.256. The summed E-state index contributed by atoms with van der Waals surface area (Å²) in [5.41, 5.74) is 1.50. The topological polar surface area (TPSA) is 124 Å². The largest absolute Gasteiger partial charge is 0.493 e. The fraction of sp³-hybridized carbons (Fsp3) is 0.167. The maximum Gasteiger partial charge on any atom is 0.269 e. The number of carbonyl (C=O) groups excluding carboxylic acids is 2. The van der Waals surface area contributed by atoms with Gasteiger partial charge in [0.1, 0.15) is 10.9 Å². The summed E-state index contributed by atoms with van der Waals surface area (Å²) in [6.07, 6.45) is 3.72. The lowest BCUT2D eigenvalue weighted by molar-refractivity contribution is -0.384. The first-order valence-electron chi connectivity index (χ1n) is 10.7. The highest BCUT2D eigenvalue weighted by Crippen LogP contribution is 2.34. The molecule has 13 heteroatoms. The predicted octanol–water partition coefficient (Wildman–Crippen LogP) is 4.50. The molecule has 0 bridgehead atoms. The standard InChI is InChI=1S/C24H20N4O6S3/c1-33-18-7-6-15(10-19(18)34-2)11-20-22(30)27(24(35)37-20)13-21(29)26-23-25-12-17(36-23)9-14-4-3-5-16(8-14)28(31)32/h3-8,10-12H,9,13H2,1-2H3,(H,25,26,29)/b20-11-. The Bertz CT molecular complexity index is 1420. The zero-order chi connectivity index (χ0) is 26.5. The summed E-state index contributed by atoms with van der Waals surface area (Å²) in [5, 5.41) is 14.0. The van der Waals surface area contributed by atoms with Gasteiger partial charge in [0, 0.05) is 29.6 Å². The van der Waals surface area contributed by atoms with Crippen molar-refractivity contribution in [2.45, 2.75) is 6.42 Å². The van der Waals surface area contributed by atoms with Gasteiger partial charge < -0.3 is 14.8 Å². The van der Waals surface area contributed by atoms with Crippen LogP contribution >= 0.6 is 35.3 Å². The van der Waals surface area contributed by atoms with Crippen LogP contribution in [0.4, 0.5) is 10.8 Å². The van der Waals surface area contributed by atoms with Crippen LogP contribution in [0.3, 0.4) is 0 Å². The maximum atomic E-state index is 12.9. The van der Waals surface area contributed by atoms with Crippen LogP contribution in [0.1, 0.15) is 16.0 Å². The first kappa shape index (κ1) is 26.3. The molecule has 0 spiro atoms. The van der Waals surface area contributed by atoms with E-state index in [1.54, 1.807) is 42.6 Å². The van der Waals surface area contributed by atoms with E-state index in [1.807, 2.05) is 0 Å². The van der Waals surface area contributed by atoms with Gasteiger partial charge in [-0.05, 0) is 29.3 Å². The number of nitro groups is 1. The number of benzene rings is 2. The summed E-state index contributed by atoms with van der Waals surface area (Å²) in [4.78, 5) is 42.7. The molecule has 4 rings (SSSR count). The summed E-state index contributed by atoms with van der Waals surface area (Å²) in [6, 6.07) is 11.6. The lowest BCUT2D eigenvalue weighted by Crippen LogP contribution is -2.36. The lowest BCUT2D eigenvalue weighted by Gasteiger charge is -2.13. The molecule has 1 aromatic heterocycles. The van der Waals surface area contributed by atoms with E-state index in [9.17, 15) is 19.7 Å². The van der Waals surface area contributed by atoms with Crippen LogP contribution in [0, 0.1) is 10.1 Å². The van der Waals surface area contributed by atoms with Gasteiger partial charge in [0.15, 0.2) is 16.6 Å². The highest BCUT2D eigenvalue weighted by Gasteiger charge is 2.33. The minimum atomic E-state index is -0.446. The molecule has 1 aliphatic rings. The molecule has 3 aromatic rings. The number of thiocarbonyl (C=S) groups is 1. The SMILES string of the molecule is COc1ccc(/C=C2\SC(=S)N(CC(=O)Nc3ncc(Cc4cccc([N+](=O)[O-])c4)s3)C2=O)cc1OC. The second kappa shape index (κ2) is 11.5. The number of aromatic nitrogens is 1. The number of nitro benzene ring substituents is 1. The summed E-state index contributed by atoms with van der Waals surface area (Å²) >= 11 is 7.69. The van der Waals surface area contributed by atoms with Crippen LogP contribution < -0.4 is 14.8 Å². The van der Waals surface area contributed by atoms with Crippen molar-refractivity contribution in [3.8, 4) is 11.5 Å². The number of thioether (sulfide) groups is 1. The fourth-order valence-electron chi connectivity index (χ4n) is 3.46. The third-order valence-electron chi connectivity index (χ3n) is 5.18. The highest BCUT2D eigenvalue weighted by atomic mass is 32.2. The molecule has 1 aliphatic heterocycles. The van der Waals surface area contributed by atoms with E-state index in [0.29, 0.717) is 28.0 Å². The van der Waals surface area contributed by atoms with E-state index in [-0.39, 0.29) is 22.5 Å². The number of ether oxygens (including phenoxy) is 2. The second-order valence-corrected chi connectivity index (χ2v) is 10.5. The van der Waals surface area contributed by atoms with Gasteiger partial charge >= 0.3 is 0 Å². The van der Waals surface area contributed by atoms with E-state index in [2.05, 4.69) is 10.3 Å². The number of nitrogens with zero attached hydrogens (tertiary/aromatic N) is 3. The Balaban J connectivity index is 1.38. The first-order valence-corrected chi connectivity index (χ1v) is 12.8. The molecule has 2 heterocycles. The van der Waals surface area contributed by atoms with Gasteiger partial charge in [-0.25, -0.2) is 4.98 Å². The van der Waals surface area contributed by atoms with E-state index < -0.39 is 10.8 Å². The number of non-ortho nitro benzene ring substituents is 1. The van der Waals surface area contributed by atoms with Crippen LogP contribution in [0.15, 0.2) is 53.6 Å². The average molecular weight is 557 g/mol. The van der Waals surface area contributed by atoms with E-state index in [4.69, 9.17) is 21.7 Å². The Morgan fingerprint density at radius 3 is 2.73 bits per heavy atom. The van der Waals surface area contributed by atoms with Gasteiger partial charge in [-0.3, -0.25) is 24.6 Å². The van der Waals surface area contributed by atoms with Gasteiger partial charge in [0.25, 0.3) is 11.6 Å². The van der Waals surface area contributed by atoms with Crippen molar-refractivity contribution >= 4 is 68.3 Å². The third kappa shape index (κ3) is 6.31. The second-order valence-electron chi connectivity index (χ2n) is 7.67. The van der Waals surface area contributed by atoms with Crippen LogP contribution in [0.25, 0.3) is 6.08 Å². The molecule has 1 fully saturated rings. The molecular weight excluding hydrogens is 536 g/mol. The molecule has 2 amide bonds. The number of thiazole rings is 1. The molecular formula is C24H20N4O6S3. The number of hydrogen-bond acceptors (Lipinski definition) is 10. The highest BCUT2D eigenvalue weighted by molar-refractivity contribution is 8.26. The van der Waals surface area contributed by atoms with E-state index in [0.717, 1.165) is 27.8 Å². The number of anilines is 1. The molecule has 0 radical (unpaired) electrons. The number of hydrogen-bond donors (Lipinski definition) is 1. The first-order chi connectivity index (χ1) is 17.8. The summed E-state index contributed by atoms with van der Waals surface area (Å²) in [7, 11) is 3.07. The predicted molar refractivity (Wildman–Crippen MR) is 146 cm³/mol. The van der Waals surface area contributed by atoms with Crippen LogP contribution in [0.2, 0.25) is 0 Å². The molecule has 0 saturated carbocycles. The van der Waals surface area contributed by atoms with Gasteiger partial charge in [0.05, 0.1) is 24.0 Å². The number of nitrogens with one attached hydrogen (secondary N) is 1. The Kier molecular flexibility index (Phi) is 8.16. The maximum absolute atomic E-state index is 12.9. The minimum absolute atomic E-state index is 0.0132. The Morgan fingerprint density at radius 1 is 1.22 bits per heavy atom. The lowest BCUT2D eigenvalue weighted by atomic mass is 10.1. The van der Waals surface area contributed by atoms with Crippen molar-refractivity contribution in [1.29, 1.82) is 0 Å². The molecule has 190 valence electrons. The van der Waals surface area contributed by atoms with Crippen molar-refractivity contribution in [2.75, 3.05) is 26.1 Å². The van der Waals surface area contributed by atoms with Crippen LogP contribution in [-0.4, -0.2) is 51.7 Å². The monoisotopic (exact) mass is 556 g/mol. The smallest absolute Gasteiger partial charge is 0.269 e. The zero-order valence-electron chi connectivity index (χ0n) is 19.6. The molecule has 1 saturated heterocycles. The van der Waals surface area contributed by atoms with Gasteiger partial charge in [-0.1, -0.05) is 42.2 Å². The van der Waals surface area contributed by atoms with Crippen molar-refractivity contribution in [1.82, 2.24) is 9.88 Å². The number of carbonyl (C=O) groups is 2. The number of methoxy groups -OCH3 is 2. The summed E-state index contributed by atoms with van der Waals surface area (Å²) in [5.74, 6) is 0.282. The Hall–Kier alpha value is -3.81. The molecule has 0 unspecified atom stereocenters. The van der Waals surface area contributed by atoms with Crippen molar-refractivity contribution in [2.24, 2.45) is 0 Å². The van der Waals surface area contributed by atoms with Crippen molar-refractivity contribution in [3.63, 3.8) is 0 Å². The van der Waals surface area contributed by atoms with Gasteiger partial charge in [-0.2, -0.15) is 0 Å². The summed E-state index contributed by atoms with van der Waals surface area (Å²) < 4.78 is 10.8. The number of rotatable bonds is 9. The van der Waals surface area contributed by atoms with E-state index >= 15 is 0 Å². The van der Waals surface area contributed by atoms with Crippen molar-refractivity contribution in [3.05, 3.63) is 79.7 Å². The molecule has 2 aromatic carbocycles. The molecule has 37 heavy (non-hydrogen) atoms. The Morgan fingerprint density at radius 2 is 2.00 bits per heavy atom. The van der Waals surface area contributed by atoms with Crippen LogP contribution in [0.5, 0.6) is 11.5 Å². The van der Waals surface area contributed by atoms with Gasteiger partial charge in [0.2, 0.25) is 5.91 Å². The van der Waals surface area contributed by atoms with E-state index in [1.165, 1.54) is 42.6 Å².